The van der Waals surface area contributed by atoms with Gasteiger partial charge >= 0.3 is 6.09 Å². The predicted octanol–water partition coefficient (Wildman–Crippen LogP) is 3.98. The van der Waals surface area contributed by atoms with Gasteiger partial charge in [0.05, 0.1) is 6.04 Å². The van der Waals surface area contributed by atoms with E-state index in [1.807, 2.05) is 51.1 Å². The van der Waals surface area contributed by atoms with Crippen molar-refractivity contribution in [1.29, 1.82) is 0 Å². The van der Waals surface area contributed by atoms with Crippen LogP contribution in [0.15, 0.2) is 30.3 Å². The van der Waals surface area contributed by atoms with Crippen molar-refractivity contribution < 1.29 is 9.53 Å². The third-order valence-electron chi connectivity index (χ3n) is 3.52. The molecule has 0 heterocycles. The molecule has 1 aromatic carbocycles. The molecule has 1 atom stereocenters. The molecule has 0 radical (unpaired) electrons. The molecule has 4 heteroatoms. The number of benzene rings is 1. The number of hydrogen-bond donors (Lipinski definition) is 1. The number of hydrogen-bond acceptors (Lipinski definition) is 3. The smallest absolute Gasteiger partial charge is 0.408 e. The highest BCUT2D eigenvalue weighted by Gasteiger charge is 2.20. The summed E-state index contributed by atoms with van der Waals surface area (Å²) in [7, 11) is 0. The van der Waals surface area contributed by atoms with Crippen molar-refractivity contribution >= 4 is 6.09 Å². The largest absolute Gasteiger partial charge is 0.444 e. The third kappa shape index (κ3) is 6.94. The summed E-state index contributed by atoms with van der Waals surface area (Å²) in [5.74, 6) is 0. The molecule has 1 unspecified atom stereocenters. The van der Waals surface area contributed by atoms with E-state index in [1.165, 1.54) is 0 Å². The van der Waals surface area contributed by atoms with Crippen LogP contribution in [-0.4, -0.2) is 36.2 Å². The fourth-order valence-corrected chi connectivity index (χ4v) is 2.31. The van der Waals surface area contributed by atoms with Crippen LogP contribution >= 0.6 is 0 Å². The molecule has 124 valence electrons. The van der Waals surface area contributed by atoms with E-state index in [0.717, 1.165) is 31.6 Å². The Morgan fingerprint density at radius 1 is 1.18 bits per heavy atom. The fraction of sp³-hybridized carbons (Fsp3) is 0.611. The van der Waals surface area contributed by atoms with Gasteiger partial charge in [-0.15, -0.1) is 0 Å². The van der Waals surface area contributed by atoms with Gasteiger partial charge < -0.3 is 15.0 Å². The van der Waals surface area contributed by atoms with Crippen LogP contribution < -0.4 is 5.32 Å². The lowest BCUT2D eigenvalue weighted by Gasteiger charge is -2.26. The number of nitrogens with one attached hydrogen (secondary N) is 1. The van der Waals surface area contributed by atoms with E-state index in [2.05, 4.69) is 24.1 Å². The summed E-state index contributed by atoms with van der Waals surface area (Å²) in [5, 5.41) is 3.01. The van der Waals surface area contributed by atoms with E-state index in [4.69, 9.17) is 4.74 Å². The fourth-order valence-electron chi connectivity index (χ4n) is 2.31. The molecular weight excluding hydrogens is 276 g/mol. The van der Waals surface area contributed by atoms with Gasteiger partial charge in [0.2, 0.25) is 0 Å². The van der Waals surface area contributed by atoms with Crippen LogP contribution in [0.25, 0.3) is 0 Å². The first-order valence-corrected chi connectivity index (χ1v) is 8.12. The highest BCUT2D eigenvalue weighted by Crippen LogP contribution is 2.18. The van der Waals surface area contributed by atoms with Crippen molar-refractivity contribution in [2.24, 2.45) is 0 Å². The van der Waals surface area contributed by atoms with E-state index < -0.39 is 5.60 Å². The van der Waals surface area contributed by atoms with Gasteiger partial charge in [-0.1, -0.05) is 44.2 Å². The number of amides is 1. The molecule has 4 nitrogen and oxygen atoms in total. The first-order chi connectivity index (χ1) is 10.4. The van der Waals surface area contributed by atoms with Gasteiger partial charge in [0.25, 0.3) is 0 Å². The Morgan fingerprint density at radius 3 is 2.27 bits per heavy atom. The average Bonchev–Trinajstić information content (AvgIpc) is 2.46. The molecule has 0 aliphatic carbocycles. The van der Waals surface area contributed by atoms with Crippen molar-refractivity contribution in [3.05, 3.63) is 35.9 Å². The van der Waals surface area contributed by atoms with Gasteiger partial charge in [-0.2, -0.15) is 0 Å². The van der Waals surface area contributed by atoms with Gasteiger partial charge in [0.1, 0.15) is 5.60 Å². The molecule has 0 fully saturated rings. The summed E-state index contributed by atoms with van der Waals surface area (Å²) < 4.78 is 5.39. The first kappa shape index (κ1) is 18.5. The summed E-state index contributed by atoms with van der Waals surface area (Å²) in [5.41, 5.74) is 0.630. The second-order valence-corrected chi connectivity index (χ2v) is 6.43. The molecule has 0 bridgehead atoms. The Morgan fingerprint density at radius 2 is 1.77 bits per heavy atom. The SMILES string of the molecule is CCN(CC)CCC(NC(=O)OC(C)(C)C)c1ccccc1. The minimum Gasteiger partial charge on any atom is -0.444 e. The highest BCUT2D eigenvalue weighted by molar-refractivity contribution is 5.68. The Kier molecular flexibility index (Phi) is 7.39. The van der Waals surface area contributed by atoms with Crippen LogP contribution in [0, 0.1) is 0 Å². The average molecular weight is 306 g/mol. The minimum absolute atomic E-state index is 0.0309. The number of carbonyl (C=O) groups excluding carboxylic acids is 1. The number of ether oxygens (including phenoxy) is 1. The molecule has 0 aromatic heterocycles. The topological polar surface area (TPSA) is 41.6 Å². The van der Waals surface area contributed by atoms with Crippen molar-refractivity contribution in [3.63, 3.8) is 0 Å². The monoisotopic (exact) mass is 306 g/mol. The van der Waals surface area contributed by atoms with Gasteiger partial charge in [-0.05, 0) is 45.8 Å². The molecule has 1 aromatic rings. The first-order valence-electron chi connectivity index (χ1n) is 8.12. The number of nitrogens with zero attached hydrogens (tertiary/aromatic N) is 1. The number of rotatable bonds is 7. The van der Waals surface area contributed by atoms with E-state index in [0.29, 0.717) is 0 Å². The van der Waals surface area contributed by atoms with Crippen LogP contribution in [-0.2, 0) is 4.74 Å². The van der Waals surface area contributed by atoms with Crippen molar-refractivity contribution in [3.8, 4) is 0 Å². The Balaban J connectivity index is 2.72. The predicted molar refractivity (Wildman–Crippen MR) is 91.0 cm³/mol. The van der Waals surface area contributed by atoms with Crippen LogP contribution in [0.4, 0.5) is 4.79 Å². The Bertz CT molecular complexity index is 436. The van der Waals surface area contributed by atoms with Crippen molar-refractivity contribution in [1.82, 2.24) is 10.2 Å². The van der Waals surface area contributed by atoms with Crippen molar-refractivity contribution in [2.45, 2.75) is 52.7 Å². The summed E-state index contributed by atoms with van der Waals surface area (Å²) in [6.45, 7) is 12.9. The van der Waals surface area contributed by atoms with E-state index in [-0.39, 0.29) is 12.1 Å². The lowest BCUT2D eigenvalue weighted by Crippen LogP contribution is -2.36. The molecule has 1 amide bonds. The lowest BCUT2D eigenvalue weighted by molar-refractivity contribution is 0.0498. The highest BCUT2D eigenvalue weighted by atomic mass is 16.6. The molecule has 1 N–H and O–H groups in total. The Labute approximate surface area is 134 Å². The maximum atomic E-state index is 12.1. The molecule has 1 rings (SSSR count). The molecule has 0 aliphatic heterocycles. The van der Waals surface area contributed by atoms with Crippen LogP contribution in [0.2, 0.25) is 0 Å². The second-order valence-electron chi connectivity index (χ2n) is 6.43. The normalized spacial score (nSPS) is 13.0. The molecule has 0 spiro atoms. The molecule has 0 saturated heterocycles. The summed E-state index contributed by atoms with van der Waals surface area (Å²) >= 11 is 0. The maximum Gasteiger partial charge on any atom is 0.408 e. The second kappa shape index (κ2) is 8.79. The maximum absolute atomic E-state index is 12.1. The standard InChI is InChI=1S/C18H30N2O2/c1-6-20(7-2)14-13-16(15-11-9-8-10-12-15)19-17(21)22-18(3,4)5/h8-12,16H,6-7,13-14H2,1-5H3,(H,19,21). The van der Waals surface area contributed by atoms with E-state index >= 15 is 0 Å². The molecule has 0 saturated carbocycles. The molecule has 22 heavy (non-hydrogen) atoms. The third-order valence-corrected chi connectivity index (χ3v) is 3.52. The zero-order valence-electron chi connectivity index (χ0n) is 14.6. The van der Waals surface area contributed by atoms with Crippen molar-refractivity contribution in [2.75, 3.05) is 19.6 Å². The summed E-state index contributed by atoms with van der Waals surface area (Å²) in [6, 6.07) is 10.0. The van der Waals surface area contributed by atoms with Crippen LogP contribution in [0.5, 0.6) is 0 Å². The zero-order chi connectivity index (χ0) is 16.6. The quantitative estimate of drug-likeness (QED) is 0.828. The number of carbonyl (C=O) groups is 1. The van der Waals surface area contributed by atoms with Crippen LogP contribution in [0.3, 0.4) is 0 Å². The van der Waals surface area contributed by atoms with Gasteiger partial charge in [0, 0.05) is 6.54 Å². The lowest BCUT2D eigenvalue weighted by atomic mass is 10.0. The minimum atomic E-state index is -0.482. The van der Waals surface area contributed by atoms with Gasteiger partial charge in [-0.25, -0.2) is 4.79 Å². The summed E-state index contributed by atoms with van der Waals surface area (Å²) in [4.78, 5) is 14.4. The number of alkyl carbamates (subject to hydrolysis) is 1. The summed E-state index contributed by atoms with van der Waals surface area (Å²) in [6.07, 6.45) is 0.506. The van der Waals surface area contributed by atoms with E-state index in [1.54, 1.807) is 0 Å². The molecular formula is C18H30N2O2. The zero-order valence-corrected chi connectivity index (χ0v) is 14.6. The van der Waals surface area contributed by atoms with Gasteiger partial charge in [-0.3, -0.25) is 0 Å². The molecule has 0 aliphatic rings. The van der Waals surface area contributed by atoms with E-state index in [9.17, 15) is 4.79 Å². The van der Waals surface area contributed by atoms with Crippen LogP contribution in [0.1, 0.15) is 52.6 Å². The Hall–Kier alpha value is -1.55. The van der Waals surface area contributed by atoms with Gasteiger partial charge in [0.15, 0.2) is 0 Å².